The molecule has 8 nitrogen and oxygen atoms in total. The summed E-state index contributed by atoms with van der Waals surface area (Å²) in [7, 11) is 2.95. The SMILES string of the molecule is COc1cc(NC(=O)c2ccccc2)c(OC)cc1NC(=O)C[C@@H]1c2ccccc2C=CN1C(C)=O. The number of hydrogen-bond acceptors (Lipinski definition) is 5. The van der Waals surface area contributed by atoms with Gasteiger partial charge >= 0.3 is 0 Å². The maximum absolute atomic E-state index is 13.1. The number of rotatable bonds is 7. The average molecular weight is 486 g/mol. The van der Waals surface area contributed by atoms with Crippen LogP contribution >= 0.6 is 0 Å². The van der Waals surface area contributed by atoms with Crippen LogP contribution in [0.1, 0.15) is 40.9 Å². The van der Waals surface area contributed by atoms with Gasteiger partial charge in [-0.15, -0.1) is 0 Å². The summed E-state index contributed by atoms with van der Waals surface area (Å²) in [4.78, 5) is 39.6. The third-order valence-electron chi connectivity index (χ3n) is 5.93. The maximum Gasteiger partial charge on any atom is 0.255 e. The second kappa shape index (κ2) is 10.8. The van der Waals surface area contributed by atoms with Crippen molar-refractivity contribution in [2.75, 3.05) is 24.9 Å². The summed E-state index contributed by atoms with van der Waals surface area (Å²) in [5.41, 5.74) is 3.13. The van der Waals surface area contributed by atoms with E-state index in [-0.39, 0.29) is 24.1 Å². The van der Waals surface area contributed by atoms with Crippen LogP contribution in [0.4, 0.5) is 11.4 Å². The van der Waals surface area contributed by atoms with E-state index >= 15 is 0 Å². The molecule has 0 spiro atoms. The Labute approximate surface area is 209 Å². The van der Waals surface area contributed by atoms with E-state index < -0.39 is 6.04 Å². The van der Waals surface area contributed by atoms with Crippen LogP contribution in [0.5, 0.6) is 11.5 Å². The Morgan fingerprint density at radius 1 is 0.861 bits per heavy atom. The van der Waals surface area contributed by atoms with Gasteiger partial charge in [0, 0.05) is 30.8 Å². The Kier molecular flexibility index (Phi) is 7.34. The summed E-state index contributed by atoms with van der Waals surface area (Å²) in [5.74, 6) is -0.0678. The molecule has 1 heterocycles. The first-order valence-electron chi connectivity index (χ1n) is 11.4. The molecule has 0 bridgehead atoms. The number of hydrogen-bond donors (Lipinski definition) is 2. The van der Waals surface area contributed by atoms with Crippen LogP contribution in [0.25, 0.3) is 6.08 Å². The number of nitrogens with one attached hydrogen (secondary N) is 2. The second-order valence-electron chi connectivity index (χ2n) is 8.21. The van der Waals surface area contributed by atoms with Crippen molar-refractivity contribution in [3.8, 4) is 11.5 Å². The van der Waals surface area contributed by atoms with Gasteiger partial charge in [-0.25, -0.2) is 0 Å². The molecule has 4 rings (SSSR count). The highest BCUT2D eigenvalue weighted by Crippen LogP contribution is 2.38. The van der Waals surface area contributed by atoms with Crippen molar-refractivity contribution in [2.45, 2.75) is 19.4 Å². The summed E-state index contributed by atoms with van der Waals surface area (Å²) < 4.78 is 10.9. The molecular weight excluding hydrogens is 458 g/mol. The lowest BCUT2D eigenvalue weighted by atomic mass is 9.93. The third kappa shape index (κ3) is 5.22. The van der Waals surface area contributed by atoms with Crippen molar-refractivity contribution < 1.29 is 23.9 Å². The smallest absolute Gasteiger partial charge is 0.255 e. The van der Waals surface area contributed by atoms with Crippen molar-refractivity contribution >= 4 is 35.2 Å². The fourth-order valence-corrected chi connectivity index (χ4v) is 4.17. The van der Waals surface area contributed by atoms with Gasteiger partial charge in [0.1, 0.15) is 11.5 Å². The van der Waals surface area contributed by atoms with Crippen molar-refractivity contribution in [3.63, 3.8) is 0 Å². The van der Waals surface area contributed by atoms with Crippen LogP contribution in [-0.2, 0) is 9.59 Å². The Hall–Kier alpha value is -4.59. The molecule has 3 aromatic rings. The lowest BCUT2D eigenvalue weighted by molar-refractivity contribution is -0.129. The molecule has 0 radical (unpaired) electrons. The normalized spacial score (nSPS) is 14.0. The molecular formula is C28H27N3O5. The number of benzene rings is 3. The van der Waals surface area contributed by atoms with E-state index in [1.165, 1.54) is 21.1 Å². The number of fused-ring (bicyclic) bond motifs is 1. The molecule has 1 aliphatic rings. The number of amides is 3. The highest BCUT2D eigenvalue weighted by molar-refractivity contribution is 6.05. The summed E-state index contributed by atoms with van der Waals surface area (Å²) in [6.45, 7) is 1.47. The van der Waals surface area contributed by atoms with Crippen LogP contribution in [0.3, 0.4) is 0 Å². The van der Waals surface area contributed by atoms with Gasteiger partial charge in [0.25, 0.3) is 5.91 Å². The molecule has 1 atom stereocenters. The van der Waals surface area contributed by atoms with Gasteiger partial charge in [-0.1, -0.05) is 42.5 Å². The number of carbonyl (C=O) groups is 3. The van der Waals surface area contributed by atoms with Gasteiger partial charge in [-0.05, 0) is 29.3 Å². The molecule has 0 saturated heterocycles. The second-order valence-corrected chi connectivity index (χ2v) is 8.21. The number of carbonyl (C=O) groups excluding carboxylic acids is 3. The molecule has 3 aromatic carbocycles. The minimum absolute atomic E-state index is 0.0406. The molecule has 1 aliphatic heterocycles. The van der Waals surface area contributed by atoms with E-state index in [0.717, 1.165) is 11.1 Å². The Morgan fingerprint density at radius 3 is 2.11 bits per heavy atom. The third-order valence-corrected chi connectivity index (χ3v) is 5.93. The average Bonchev–Trinajstić information content (AvgIpc) is 2.89. The maximum atomic E-state index is 13.1. The van der Waals surface area contributed by atoms with Gasteiger partial charge in [0.15, 0.2) is 0 Å². The Bertz CT molecular complexity index is 1320. The Morgan fingerprint density at radius 2 is 1.47 bits per heavy atom. The highest BCUT2D eigenvalue weighted by atomic mass is 16.5. The van der Waals surface area contributed by atoms with Crippen LogP contribution in [0, 0.1) is 0 Å². The van der Waals surface area contributed by atoms with Gasteiger partial charge in [0.2, 0.25) is 11.8 Å². The van der Waals surface area contributed by atoms with Crippen LogP contribution in [-0.4, -0.2) is 36.8 Å². The van der Waals surface area contributed by atoms with Gasteiger partial charge in [-0.3, -0.25) is 14.4 Å². The fourth-order valence-electron chi connectivity index (χ4n) is 4.17. The van der Waals surface area contributed by atoms with E-state index in [1.54, 1.807) is 47.5 Å². The first-order chi connectivity index (χ1) is 17.4. The van der Waals surface area contributed by atoms with Crippen LogP contribution in [0.15, 0.2) is 72.9 Å². The minimum Gasteiger partial charge on any atom is -0.494 e. The minimum atomic E-state index is -0.443. The lowest BCUT2D eigenvalue weighted by Gasteiger charge is -2.32. The summed E-state index contributed by atoms with van der Waals surface area (Å²) >= 11 is 0. The molecule has 3 amide bonds. The van der Waals surface area contributed by atoms with E-state index in [1.807, 2.05) is 36.4 Å². The van der Waals surface area contributed by atoms with E-state index in [9.17, 15) is 14.4 Å². The first kappa shape index (κ1) is 24.5. The van der Waals surface area contributed by atoms with Crippen LogP contribution in [0.2, 0.25) is 0 Å². The predicted octanol–water partition coefficient (Wildman–Crippen LogP) is 4.86. The van der Waals surface area contributed by atoms with Crippen molar-refractivity contribution in [1.29, 1.82) is 0 Å². The van der Waals surface area contributed by atoms with Gasteiger partial charge in [-0.2, -0.15) is 0 Å². The molecule has 184 valence electrons. The molecule has 8 heteroatoms. The molecule has 0 aromatic heterocycles. The molecule has 0 unspecified atom stereocenters. The van der Waals surface area contributed by atoms with Crippen molar-refractivity contribution in [2.24, 2.45) is 0 Å². The number of anilines is 2. The largest absolute Gasteiger partial charge is 0.494 e. The van der Waals surface area contributed by atoms with E-state index in [2.05, 4.69) is 10.6 Å². The number of ether oxygens (including phenoxy) is 2. The number of methoxy groups -OCH3 is 2. The Balaban J connectivity index is 1.56. The zero-order valence-electron chi connectivity index (χ0n) is 20.3. The fraction of sp³-hybridized carbons (Fsp3) is 0.179. The summed E-state index contributed by atoms with van der Waals surface area (Å²) in [6.07, 6.45) is 3.61. The molecule has 0 aliphatic carbocycles. The monoisotopic (exact) mass is 485 g/mol. The predicted molar refractivity (Wildman–Crippen MR) is 138 cm³/mol. The topological polar surface area (TPSA) is 97.0 Å². The number of nitrogens with zero attached hydrogens (tertiary/aromatic N) is 1. The van der Waals surface area contributed by atoms with E-state index in [0.29, 0.717) is 28.4 Å². The van der Waals surface area contributed by atoms with Crippen molar-refractivity contribution in [1.82, 2.24) is 4.90 Å². The summed E-state index contributed by atoms with van der Waals surface area (Å²) in [5, 5.41) is 5.69. The standard InChI is InChI=1S/C28H27N3O5/c1-18(32)31-14-13-19-9-7-8-12-21(19)24(31)17-27(33)29-22-15-26(36-3)23(16-25(22)35-2)30-28(34)20-10-5-4-6-11-20/h4-16,24H,17H2,1-3H3,(H,29,33)(H,30,34)/t24-/m1/s1. The molecule has 0 saturated carbocycles. The highest BCUT2D eigenvalue weighted by Gasteiger charge is 2.28. The molecule has 36 heavy (non-hydrogen) atoms. The molecule has 0 fully saturated rings. The van der Waals surface area contributed by atoms with Crippen LogP contribution < -0.4 is 20.1 Å². The first-order valence-corrected chi connectivity index (χ1v) is 11.4. The quantitative estimate of drug-likeness (QED) is 0.498. The zero-order chi connectivity index (χ0) is 25.7. The van der Waals surface area contributed by atoms with Crippen molar-refractivity contribution in [3.05, 3.63) is 89.6 Å². The summed E-state index contributed by atoms with van der Waals surface area (Å²) in [6, 6.07) is 19.2. The van der Waals surface area contributed by atoms with Gasteiger partial charge < -0.3 is 25.0 Å². The lowest BCUT2D eigenvalue weighted by Crippen LogP contribution is -2.33. The van der Waals surface area contributed by atoms with E-state index in [4.69, 9.17) is 9.47 Å². The van der Waals surface area contributed by atoms with Gasteiger partial charge in [0.05, 0.1) is 38.1 Å². The molecule has 2 N–H and O–H groups in total. The zero-order valence-corrected chi connectivity index (χ0v) is 20.3.